The first kappa shape index (κ1) is 50.3. The minimum absolute atomic E-state index is 0. The normalized spacial score (nSPS) is 12.1. The number of nitro groups is 2. The van der Waals surface area contributed by atoms with Crippen LogP contribution in [0, 0.1) is 39.0 Å². The lowest BCUT2D eigenvalue weighted by atomic mass is 10.1. The van der Waals surface area contributed by atoms with Gasteiger partial charge < -0.3 is 20.3 Å². The molecule has 5 heterocycles. The summed E-state index contributed by atoms with van der Waals surface area (Å²) in [6.07, 6.45) is 2.92. The van der Waals surface area contributed by atoms with Gasteiger partial charge in [0.05, 0.1) is 43.0 Å². The third-order valence-electron chi connectivity index (χ3n) is 11.4. The highest BCUT2D eigenvalue weighted by Crippen LogP contribution is 2.30. The van der Waals surface area contributed by atoms with E-state index in [1.165, 1.54) is 48.5 Å². The maximum atomic E-state index is 14.2. The van der Waals surface area contributed by atoms with Gasteiger partial charge in [-0.3, -0.25) is 49.2 Å². The SMILES string of the molecule is C.O=c1[nH]c2c([N+](=O)[O-])cccc2nc1-c1cccc(I)c1F.O=c1[nH]c2cccc([N+](=O)[O-])c2nc1-c1cccc(I)c1F.O=c1[nH]c2cccc3c2nc1-c1cccc2c(=O)n([nH]c12)CCCCCN3. The number of hydrogen-bond acceptors (Lipinski definition) is 12. The van der Waals surface area contributed by atoms with Crippen molar-refractivity contribution in [3.8, 4) is 33.8 Å². The molecule has 1 aliphatic heterocycles. The van der Waals surface area contributed by atoms with Crippen LogP contribution in [0.4, 0.5) is 25.8 Å². The fourth-order valence-electron chi connectivity index (χ4n) is 7.99. The van der Waals surface area contributed by atoms with Crippen molar-refractivity contribution in [3.63, 3.8) is 0 Å². The van der Waals surface area contributed by atoms with E-state index in [0.29, 0.717) is 41.4 Å². The van der Waals surface area contributed by atoms with Gasteiger partial charge in [0.25, 0.3) is 33.6 Å². The van der Waals surface area contributed by atoms with Gasteiger partial charge in [-0.1, -0.05) is 49.9 Å². The number of H-pyrrole nitrogens is 4. The van der Waals surface area contributed by atoms with Crippen molar-refractivity contribution in [2.24, 2.45) is 0 Å². The minimum atomic E-state index is -0.678. The molecule has 0 amide bonds. The molecule has 23 heteroatoms. The standard InChI is InChI=1S/C20H19N5O2.2C14H7FIN3O3.CH4/c26-19-17-12-6-4-7-13-16(12)24-25(20(13)27)11-3-1-2-10-21-14-8-5-9-15(22-19)18(14)23-17;15-11-7(3-1-4-8(11)16)12-14(20)17-9-5-2-6-10(19(21)22)13(9)18-12;15-11-7(3-1-4-8(11)16)12-14(20)18-13-9(17-12)5-2-6-10(13)19(21)22;/h4-9,21,24H,1-3,10-11H2,(H,22,26);1-6H,(H,17,20);1-6H,(H,18,20);1H4. The Hall–Kier alpha value is -8.07. The van der Waals surface area contributed by atoms with E-state index in [4.69, 9.17) is 4.98 Å². The molecule has 1 aliphatic rings. The number of nitrogens with zero attached hydrogens (tertiary/aromatic N) is 6. The van der Waals surface area contributed by atoms with Gasteiger partial charge in [0.15, 0.2) is 5.52 Å². The summed E-state index contributed by atoms with van der Waals surface area (Å²) in [5.41, 5.74) is 2.08. The molecule has 4 aromatic heterocycles. The van der Waals surface area contributed by atoms with Gasteiger partial charge in [-0.2, -0.15) is 0 Å². The molecule has 0 saturated carbocycles. The molecule has 0 atom stereocenters. The van der Waals surface area contributed by atoms with E-state index in [1.54, 1.807) is 63.7 Å². The second kappa shape index (κ2) is 21.1. The molecule has 72 heavy (non-hydrogen) atoms. The van der Waals surface area contributed by atoms with Crippen LogP contribution >= 0.6 is 45.2 Å². The van der Waals surface area contributed by atoms with Crippen molar-refractivity contribution in [1.82, 2.24) is 39.7 Å². The van der Waals surface area contributed by atoms with Gasteiger partial charge in [-0.05, 0) is 119 Å². The molecule has 6 aromatic carbocycles. The molecule has 4 bridgehead atoms. The van der Waals surface area contributed by atoms with E-state index in [2.05, 4.69) is 35.3 Å². The van der Waals surface area contributed by atoms with Crippen LogP contribution in [-0.4, -0.2) is 56.1 Å². The van der Waals surface area contributed by atoms with Gasteiger partial charge in [0.2, 0.25) is 0 Å². The number of halogens is 4. The lowest BCUT2D eigenvalue weighted by Gasteiger charge is -2.11. The lowest BCUT2D eigenvalue weighted by Crippen LogP contribution is -2.16. The summed E-state index contributed by atoms with van der Waals surface area (Å²) in [4.78, 5) is 91.3. The van der Waals surface area contributed by atoms with Crippen LogP contribution in [0.25, 0.3) is 77.8 Å². The van der Waals surface area contributed by atoms with Crippen LogP contribution in [0.5, 0.6) is 0 Å². The quantitative estimate of drug-likeness (QED) is 0.0626. The van der Waals surface area contributed by atoms with Crippen LogP contribution in [-0.2, 0) is 6.54 Å². The maximum absolute atomic E-state index is 14.2. The summed E-state index contributed by atoms with van der Waals surface area (Å²) in [6.45, 7) is 1.45. The van der Waals surface area contributed by atoms with Gasteiger partial charge in [0.1, 0.15) is 39.7 Å². The van der Waals surface area contributed by atoms with E-state index in [0.717, 1.165) is 37.0 Å². The van der Waals surface area contributed by atoms with Crippen molar-refractivity contribution in [3.05, 3.63) is 190 Å². The monoisotopic (exact) mass is 1200 g/mol. The molecule has 364 valence electrons. The number of aromatic amines is 4. The largest absolute Gasteiger partial charge is 0.383 e. The molecule has 0 unspecified atom stereocenters. The second-order valence-corrected chi connectivity index (χ2v) is 18.1. The first-order valence-electron chi connectivity index (χ1n) is 21.4. The van der Waals surface area contributed by atoms with Crippen molar-refractivity contribution < 1.29 is 18.6 Å². The van der Waals surface area contributed by atoms with Gasteiger partial charge in [0, 0.05) is 49.1 Å². The van der Waals surface area contributed by atoms with Crippen LogP contribution in [0.1, 0.15) is 26.7 Å². The summed E-state index contributed by atoms with van der Waals surface area (Å²) in [7, 11) is 0. The fraction of sp³-hybridized carbons (Fsp3) is 0.122. The molecule has 10 aromatic rings. The predicted molar refractivity (Wildman–Crippen MR) is 287 cm³/mol. The molecule has 19 nitrogen and oxygen atoms in total. The second-order valence-electron chi connectivity index (χ2n) is 15.8. The number of benzene rings is 6. The van der Waals surface area contributed by atoms with E-state index in [1.807, 2.05) is 46.9 Å². The number of hydrogen-bond donors (Lipinski definition) is 5. The number of para-hydroxylation sites is 4. The Bertz CT molecular complexity index is 4050. The molecule has 0 aliphatic carbocycles. The van der Waals surface area contributed by atoms with Crippen molar-refractivity contribution in [1.29, 1.82) is 0 Å². The van der Waals surface area contributed by atoms with Crippen molar-refractivity contribution >= 4 is 106 Å². The molecule has 0 saturated heterocycles. The smallest absolute Gasteiger partial charge is 0.296 e. The Labute approximate surface area is 430 Å². The number of non-ortho nitro benzene ring substituents is 2. The molecular formula is C49H37F2I2N11O8. The maximum Gasteiger partial charge on any atom is 0.296 e. The Morgan fingerprint density at radius 3 is 1.76 bits per heavy atom. The van der Waals surface area contributed by atoms with Crippen LogP contribution in [0.15, 0.2) is 128 Å². The van der Waals surface area contributed by atoms with Gasteiger partial charge >= 0.3 is 0 Å². The average molecular weight is 1200 g/mol. The van der Waals surface area contributed by atoms with Gasteiger partial charge in [-0.15, -0.1) is 0 Å². The number of nitrogens with one attached hydrogen (secondary N) is 5. The first-order valence-corrected chi connectivity index (χ1v) is 23.6. The summed E-state index contributed by atoms with van der Waals surface area (Å²) in [6, 6.07) is 28.8. The molecule has 0 radical (unpaired) electrons. The molecule has 0 fully saturated rings. The highest BCUT2D eigenvalue weighted by molar-refractivity contribution is 14.1. The van der Waals surface area contributed by atoms with E-state index in [-0.39, 0.29) is 74.5 Å². The number of aryl methyl sites for hydroxylation is 1. The zero-order valence-corrected chi connectivity index (χ0v) is 40.7. The molecule has 5 N–H and O–H groups in total. The Balaban J connectivity index is 0.000000145. The third-order valence-corrected chi connectivity index (χ3v) is 13.0. The summed E-state index contributed by atoms with van der Waals surface area (Å²) in [5, 5.41) is 29.2. The zero-order valence-electron chi connectivity index (χ0n) is 36.4. The number of anilines is 1. The van der Waals surface area contributed by atoms with E-state index >= 15 is 0 Å². The lowest BCUT2D eigenvalue weighted by molar-refractivity contribution is -0.383. The van der Waals surface area contributed by atoms with Crippen molar-refractivity contribution in [2.75, 3.05) is 11.9 Å². The Morgan fingerprint density at radius 2 is 1.10 bits per heavy atom. The fourth-order valence-corrected chi connectivity index (χ4v) is 8.99. The van der Waals surface area contributed by atoms with Crippen LogP contribution in [0.3, 0.4) is 0 Å². The number of fused-ring (bicyclic) bond motifs is 5. The van der Waals surface area contributed by atoms with Crippen molar-refractivity contribution in [2.45, 2.75) is 33.2 Å². The van der Waals surface area contributed by atoms with Crippen LogP contribution < -0.4 is 27.6 Å². The van der Waals surface area contributed by atoms with E-state index in [9.17, 15) is 48.2 Å². The molecule has 0 spiro atoms. The third kappa shape index (κ3) is 9.83. The average Bonchev–Trinajstić information content (AvgIpc) is 3.68. The Morgan fingerprint density at radius 1 is 0.569 bits per heavy atom. The predicted octanol–water partition coefficient (Wildman–Crippen LogP) is 9.95. The van der Waals surface area contributed by atoms with Crippen LogP contribution in [0.2, 0.25) is 0 Å². The number of nitro benzene ring substituents is 2. The Kier molecular flexibility index (Phi) is 14.8. The first-order chi connectivity index (χ1) is 34.2. The molecule has 11 rings (SSSR count). The number of rotatable bonds is 4. The summed E-state index contributed by atoms with van der Waals surface area (Å²) in [5.74, 6) is -1.13. The highest BCUT2D eigenvalue weighted by Gasteiger charge is 2.21. The summed E-state index contributed by atoms with van der Waals surface area (Å²) < 4.78 is 30.7. The summed E-state index contributed by atoms with van der Waals surface area (Å²) >= 11 is 3.62. The number of aromatic nitrogens is 8. The highest BCUT2D eigenvalue weighted by atomic mass is 127. The topological polar surface area (TPSA) is 273 Å². The molecular weight excluding hydrogens is 1160 g/mol. The zero-order chi connectivity index (χ0) is 50.1. The van der Waals surface area contributed by atoms with Gasteiger partial charge in [-0.25, -0.2) is 23.7 Å². The minimum Gasteiger partial charge on any atom is -0.383 e. The van der Waals surface area contributed by atoms with E-state index < -0.39 is 32.6 Å².